The number of ether oxygens (including phenoxy) is 1. The summed E-state index contributed by atoms with van der Waals surface area (Å²) in [6.45, 7) is 2.48. The maximum Gasteiger partial charge on any atom is 0.170 e. The average Bonchev–Trinajstić information content (AvgIpc) is 2.19. The van der Waals surface area contributed by atoms with Gasteiger partial charge in [0.25, 0.3) is 0 Å². The number of rotatable bonds is 1. The number of ketones is 1. The highest BCUT2D eigenvalue weighted by atomic mass is 16.5. The van der Waals surface area contributed by atoms with Gasteiger partial charge in [0, 0.05) is 25.2 Å². The van der Waals surface area contributed by atoms with Gasteiger partial charge in [0.15, 0.2) is 5.78 Å². The van der Waals surface area contributed by atoms with Crippen LogP contribution in [0.3, 0.4) is 0 Å². The van der Waals surface area contributed by atoms with Gasteiger partial charge in [-0.1, -0.05) is 0 Å². The molecular weight excluding hydrogens is 178 g/mol. The lowest BCUT2D eigenvalue weighted by Crippen LogP contribution is -2.15. The van der Waals surface area contributed by atoms with E-state index in [2.05, 4.69) is 5.32 Å². The molecule has 1 aromatic rings. The van der Waals surface area contributed by atoms with Crippen molar-refractivity contribution in [2.75, 3.05) is 19.0 Å². The fourth-order valence-corrected chi connectivity index (χ4v) is 1.68. The molecule has 0 aromatic heterocycles. The molecule has 74 valence electrons. The first-order chi connectivity index (χ1) is 6.72. The van der Waals surface area contributed by atoms with Gasteiger partial charge in [-0.2, -0.15) is 0 Å². The van der Waals surface area contributed by atoms with Crippen LogP contribution in [0.15, 0.2) is 12.1 Å². The van der Waals surface area contributed by atoms with Crippen LogP contribution in [0.2, 0.25) is 0 Å². The maximum atomic E-state index is 11.5. The lowest BCUT2D eigenvalue weighted by Gasteiger charge is -2.18. The fourth-order valence-electron chi connectivity index (χ4n) is 1.68. The van der Waals surface area contributed by atoms with Crippen LogP contribution >= 0.6 is 0 Å². The number of carbonyl (C=O) groups excluding carboxylic acids is 1. The minimum Gasteiger partial charge on any atom is -0.492 e. The van der Waals surface area contributed by atoms with E-state index in [4.69, 9.17) is 4.74 Å². The Bertz CT molecular complexity index is 385. The van der Waals surface area contributed by atoms with Gasteiger partial charge in [0.2, 0.25) is 0 Å². The summed E-state index contributed by atoms with van der Waals surface area (Å²) in [6, 6.07) is 3.78. The predicted octanol–water partition coefficient (Wildman–Crippen LogP) is 2.00. The van der Waals surface area contributed by atoms with E-state index in [-0.39, 0.29) is 5.78 Å². The van der Waals surface area contributed by atoms with Crippen molar-refractivity contribution >= 4 is 11.5 Å². The predicted molar refractivity (Wildman–Crippen MR) is 55.2 cm³/mol. The van der Waals surface area contributed by atoms with E-state index in [1.165, 1.54) is 0 Å². The summed E-state index contributed by atoms with van der Waals surface area (Å²) in [6.07, 6.45) is 0.491. The first-order valence-electron chi connectivity index (χ1n) is 4.71. The number of nitrogens with one attached hydrogen (secondary N) is 1. The Kier molecular flexibility index (Phi) is 2.15. The molecule has 3 nitrogen and oxygen atoms in total. The first-order valence-corrected chi connectivity index (χ1v) is 4.71. The van der Waals surface area contributed by atoms with Crippen molar-refractivity contribution in [2.24, 2.45) is 0 Å². The molecule has 0 bridgehead atoms. The first kappa shape index (κ1) is 9.06. The topological polar surface area (TPSA) is 38.3 Å². The molecule has 14 heavy (non-hydrogen) atoms. The number of benzene rings is 1. The zero-order valence-electron chi connectivity index (χ0n) is 8.39. The lowest BCUT2D eigenvalue weighted by molar-refractivity contribution is 0.0933. The largest absolute Gasteiger partial charge is 0.492 e. The standard InChI is InChI=1S/C11H13NO2/c1-7-5-8-10(13)3-4-14-11(8)6-9(7)12-2/h5-6,12H,3-4H2,1-2H3. The number of aryl methyl sites for hydroxylation is 1. The van der Waals surface area contributed by atoms with Gasteiger partial charge in [-0.15, -0.1) is 0 Å². The second kappa shape index (κ2) is 3.33. The Labute approximate surface area is 83.1 Å². The number of anilines is 1. The molecule has 1 aliphatic rings. The second-order valence-corrected chi connectivity index (χ2v) is 3.43. The molecule has 0 saturated carbocycles. The number of Topliss-reactive ketones (excluding diaryl/α,β-unsaturated/α-hetero) is 1. The van der Waals surface area contributed by atoms with Crippen molar-refractivity contribution in [3.8, 4) is 5.75 Å². The van der Waals surface area contributed by atoms with Gasteiger partial charge in [0.1, 0.15) is 5.75 Å². The average molecular weight is 191 g/mol. The van der Waals surface area contributed by atoms with Gasteiger partial charge in [-0.3, -0.25) is 4.79 Å². The number of hydrogen-bond donors (Lipinski definition) is 1. The van der Waals surface area contributed by atoms with Crippen molar-refractivity contribution in [1.29, 1.82) is 0 Å². The molecule has 3 heteroatoms. The summed E-state index contributed by atoms with van der Waals surface area (Å²) in [5, 5.41) is 3.07. The zero-order valence-corrected chi connectivity index (χ0v) is 8.39. The van der Waals surface area contributed by atoms with E-state index in [0.717, 1.165) is 11.3 Å². The third kappa shape index (κ3) is 1.35. The highest BCUT2D eigenvalue weighted by Crippen LogP contribution is 2.30. The van der Waals surface area contributed by atoms with Crippen LogP contribution in [0.5, 0.6) is 5.75 Å². The molecule has 0 amide bonds. The van der Waals surface area contributed by atoms with Crippen molar-refractivity contribution in [3.05, 3.63) is 23.3 Å². The molecule has 1 N–H and O–H groups in total. The third-order valence-electron chi connectivity index (χ3n) is 2.48. The molecule has 0 saturated heterocycles. The molecule has 1 heterocycles. The molecule has 0 aliphatic carbocycles. The summed E-state index contributed by atoms with van der Waals surface area (Å²) in [4.78, 5) is 11.5. The molecule has 0 spiro atoms. The van der Waals surface area contributed by atoms with E-state index in [1.54, 1.807) is 0 Å². The molecule has 2 rings (SSSR count). The highest BCUT2D eigenvalue weighted by molar-refractivity contribution is 6.00. The molecule has 0 unspecified atom stereocenters. The van der Waals surface area contributed by atoms with Gasteiger partial charge in [-0.05, 0) is 18.6 Å². The number of carbonyl (C=O) groups is 1. The monoisotopic (exact) mass is 191 g/mol. The number of hydrogen-bond acceptors (Lipinski definition) is 3. The van der Waals surface area contributed by atoms with Crippen molar-refractivity contribution < 1.29 is 9.53 Å². The van der Waals surface area contributed by atoms with Crippen LogP contribution in [0.4, 0.5) is 5.69 Å². The summed E-state index contributed by atoms with van der Waals surface area (Å²) in [5.74, 6) is 0.883. The second-order valence-electron chi connectivity index (χ2n) is 3.43. The van der Waals surface area contributed by atoms with Crippen molar-refractivity contribution in [3.63, 3.8) is 0 Å². The minimum absolute atomic E-state index is 0.178. The van der Waals surface area contributed by atoms with Gasteiger partial charge < -0.3 is 10.1 Å². The molecule has 0 fully saturated rings. The molecule has 1 aromatic carbocycles. The van der Waals surface area contributed by atoms with Gasteiger partial charge >= 0.3 is 0 Å². The highest BCUT2D eigenvalue weighted by Gasteiger charge is 2.19. The lowest BCUT2D eigenvalue weighted by atomic mass is 10.0. The van der Waals surface area contributed by atoms with Crippen LogP contribution in [0.25, 0.3) is 0 Å². The Morgan fingerprint density at radius 3 is 2.93 bits per heavy atom. The summed E-state index contributed by atoms with van der Waals surface area (Å²) in [7, 11) is 1.86. The van der Waals surface area contributed by atoms with Crippen LogP contribution in [-0.4, -0.2) is 19.4 Å². The maximum absolute atomic E-state index is 11.5. The molecule has 0 atom stereocenters. The van der Waals surface area contributed by atoms with Crippen LogP contribution in [-0.2, 0) is 0 Å². The van der Waals surface area contributed by atoms with Crippen molar-refractivity contribution in [2.45, 2.75) is 13.3 Å². The summed E-state index contributed by atoms with van der Waals surface area (Å²) in [5.41, 5.74) is 2.80. The summed E-state index contributed by atoms with van der Waals surface area (Å²) >= 11 is 0. The minimum atomic E-state index is 0.178. The van der Waals surface area contributed by atoms with E-state index < -0.39 is 0 Å². The van der Waals surface area contributed by atoms with Crippen LogP contribution in [0.1, 0.15) is 22.3 Å². The molecule has 1 aliphatic heterocycles. The van der Waals surface area contributed by atoms with Crippen molar-refractivity contribution in [1.82, 2.24) is 0 Å². The summed E-state index contributed by atoms with van der Waals surface area (Å²) < 4.78 is 5.43. The quantitative estimate of drug-likeness (QED) is 0.737. The fraction of sp³-hybridized carbons (Fsp3) is 0.364. The van der Waals surface area contributed by atoms with E-state index in [9.17, 15) is 4.79 Å². The van der Waals surface area contributed by atoms with E-state index >= 15 is 0 Å². The smallest absolute Gasteiger partial charge is 0.170 e. The SMILES string of the molecule is CNc1cc2c(cc1C)C(=O)CCO2. The normalized spacial score (nSPS) is 14.6. The van der Waals surface area contributed by atoms with Crippen LogP contribution < -0.4 is 10.1 Å². The van der Waals surface area contributed by atoms with E-state index in [1.807, 2.05) is 26.1 Å². The number of fused-ring (bicyclic) bond motifs is 1. The third-order valence-corrected chi connectivity index (χ3v) is 2.48. The van der Waals surface area contributed by atoms with Crippen LogP contribution in [0, 0.1) is 6.92 Å². The Morgan fingerprint density at radius 2 is 2.21 bits per heavy atom. The molecule has 0 radical (unpaired) electrons. The Hall–Kier alpha value is -1.51. The Balaban J connectivity index is 2.54. The van der Waals surface area contributed by atoms with Gasteiger partial charge in [-0.25, -0.2) is 0 Å². The molecular formula is C11H13NO2. The van der Waals surface area contributed by atoms with E-state index in [0.29, 0.717) is 24.3 Å². The van der Waals surface area contributed by atoms with Gasteiger partial charge in [0.05, 0.1) is 12.2 Å². The zero-order chi connectivity index (χ0) is 10.1. The Morgan fingerprint density at radius 1 is 1.43 bits per heavy atom.